The molecule has 1 aromatic carbocycles. The lowest BCUT2D eigenvalue weighted by Gasteiger charge is -2.24. The Morgan fingerprint density at radius 1 is 1.04 bits per heavy atom. The quantitative estimate of drug-likeness (QED) is 0.620. The van der Waals surface area contributed by atoms with Crippen molar-refractivity contribution in [2.24, 2.45) is 0 Å². The topological polar surface area (TPSA) is 59.4 Å². The molecule has 1 aliphatic heterocycles. The van der Waals surface area contributed by atoms with E-state index >= 15 is 0 Å². The number of ketones is 1. The van der Waals surface area contributed by atoms with Crippen molar-refractivity contribution in [1.82, 2.24) is 9.47 Å². The van der Waals surface area contributed by atoms with E-state index in [1.807, 2.05) is 0 Å². The predicted octanol–water partition coefficient (Wildman–Crippen LogP) is 2.69. The molecule has 0 N–H and O–H groups in total. The fourth-order valence-electron chi connectivity index (χ4n) is 2.92. The Kier molecular flexibility index (Phi) is 4.99. The van der Waals surface area contributed by atoms with E-state index in [1.54, 1.807) is 4.90 Å². The predicted molar refractivity (Wildman–Crippen MR) is 91.3 cm³/mol. The van der Waals surface area contributed by atoms with E-state index in [0.29, 0.717) is 13.1 Å². The summed E-state index contributed by atoms with van der Waals surface area (Å²) in [7, 11) is 0. The average Bonchev–Trinajstić information content (AvgIpc) is 3.13. The Labute approximate surface area is 148 Å². The number of hydrogen-bond donors (Lipinski definition) is 0. The summed E-state index contributed by atoms with van der Waals surface area (Å²) in [4.78, 5) is 39.7. The Morgan fingerprint density at radius 3 is 2.32 bits per heavy atom. The third-order valence-corrected chi connectivity index (χ3v) is 4.43. The number of likely N-dealkylation sites (tertiary alicyclic amines) is 1. The third-order valence-electron chi connectivity index (χ3n) is 4.21. The van der Waals surface area contributed by atoms with Crippen LogP contribution in [0.5, 0.6) is 0 Å². The molecule has 1 saturated heterocycles. The first-order valence-corrected chi connectivity index (χ1v) is 8.31. The van der Waals surface area contributed by atoms with Crippen molar-refractivity contribution in [2.45, 2.75) is 18.9 Å². The van der Waals surface area contributed by atoms with Gasteiger partial charge in [0, 0.05) is 30.9 Å². The maximum Gasteiger partial charge on any atom is 0.253 e. The lowest BCUT2D eigenvalue weighted by atomic mass is 10.0. The highest BCUT2D eigenvalue weighted by Gasteiger charge is 2.34. The van der Waals surface area contributed by atoms with Crippen LogP contribution in [0.3, 0.4) is 0 Å². The molecule has 1 aliphatic rings. The Hall–Kier alpha value is -2.47. The Balaban J connectivity index is 2.06. The SMILES string of the molecule is O=C(c1ccc(F)cc1)C(C(=O)N1CCCC1)n1cc(Cl)ccc1=O. The number of hydrogen-bond acceptors (Lipinski definition) is 3. The first-order valence-electron chi connectivity index (χ1n) is 7.93. The molecule has 5 nitrogen and oxygen atoms in total. The molecule has 1 unspecified atom stereocenters. The molecule has 0 radical (unpaired) electrons. The number of Topliss-reactive ketones (excluding diaryl/α,β-unsaturated/α-hetero) is 1. The van der Waals surface area contributed by atoms with Crippen LogP contribution in [0.2, 0.25) is 5.02 Å². The van der Waals surface area contributed by atoms with Gasteiger partial charge in [0.05, 0.1) is 5.02 Å². The van der Waals surface area contributed by atoms with Gasteiger partial charge in [-0.15, -0.1) is 0 Å². The maximum absolute atomic E-state index is 13.1. The molecule has 2 aromatic rings. The lowest BCUT2D eigenvalue weighted by molar-refractivity contribution is -0.132. The fraction of sp³-hybridized carbons (Fsp3) is 0.278. The molecule has 0 aliphatic carbocycles. The van der Waals surface area contributed by atoms with Gasteiger partial charge in [-0.1, -0.05) is 11.6 Å². The molecule has 3 rings (SSSR count). The van der Waals surface area contributed by atoms with Crippen LogP contribution in [0.15, 0.2) is 47.4 Å². The standard InChI is InChI=1S/C18H16ClFN2O3/c19-13-5-8-15(23)22(11-13)16(18(25)21-9-1-2-10-21)17(24)12-3-6-14(20)7-4-12/h3-8,11,16H,1-2,9-10H2. The van der Waals surface area contributed by atoms with Gasteiger partial charge in [0.1, 0.15) is 5.82 Å². The molecule has 1 atom stereocenters. The van der Waals surface area contributed by atoms with Crippen LogP contribution in [0.25, 0.3) is 0 Å². The van der Waals surface area contributed by atoms with Gasteiger partial charge < -0.3 is 4.90 Å². The van der Waals surface area contributed by atoms with Crippen molar-refractivity contribution in [3.8, 4) is 0 Å². The van der Waals surface area contributed by atoms with Gasteiger partial charge in [0.15, 0.2) is 11.8 Å². The summed E-state index contributed by atoms with van der Waals surface area (Å²) in [5.74, 6) is -1.50. The number of carbonyl (C=O) groups is 2. The summed E-state index contributed by atoms with van der Waals surface area (Å²) >= 11 is 5.95. The van der Waals surface area contributed by atoms with Crippen molar-refractivity contribution in [3.63, 3.8) is 0 Å². The van der Waals surface area contributed by atoms with Crippen molar-refractivity contribution in [1.29, 1.82) is 0 Å². The molecule has 0 saturated carbocycles. The van der Waals surface area contributed by atoms with E-state index in [-0.39, 0.29) is 10.6 Å². The number of aromatic nitrogens is 1. The molecule has 1 fully saturated rings. The minimum absolute atomic E-state index is 0.158. The van der Waals surface area contributed by atoms with Crippen LogP contribution in [0, 0.1) is 5.82 Å². The van der Waals surface area contributed by atoms with Crippen molar-refractivity contribution in [2.75, 3.05) is 13.1 Å². The third kappa shape index (κ3) is 3.64. The van der Waals surface area contributed by atoms with Gasteiger partial charge in [-0.25, -0.2) is 4.39 Å². The summed E-state index contributed by atoms with van der Waals surface area (Å²) in [6.07, 6.45) is 2.99. The van der Waals surface area contributed by atoms with E-state index in [2.05, 4.69) is 0 Å². The summed E-state index contributed by atoms with van der Waals surface area (Å²) in [5.41, 5.74) is -0.344. The normalized spacial score (nSPS) is 15.2. The molecular formula is C18H16ClFN2O3. The van der Waals surface area contributed by atoms with Crippen LogP contribution >= 0.6 is 11.6 Å². The lowest BCUT2D eigenvalue weighted by Crippen LogP contribution is -2.42. The van der Waals surface area contributed by atoms with Crippen LogP contribution in [0.1, 0.15) is 29.2 Å². The van der Waals surface area contributed by atoms with E-state index in [9.17, 15) is 18.8 Å². The van der Waals surface area contributed by atoms with E-state index < -0.39 is 29.1 Å². The molecule has 2 heterocycles. The molecule has 25 heavy (non-hydrogen) atoms. The fourth-order valence-corrected chi connectivity index (χ4v) is 3.09. The molecule has 0 bridgehead atoms. The minimum atomic E-state index is -1.35. The maximum atomic E-state index is 13.1. The summed E-state index contributed by atoms with van der Waals surface area (Å²) in [6.45, 7) is 1.09. The van der Waals surface area contributed by atoms with Crippen LogP contribution in [0.4, 0.5) is 4.39 Å². The average molecular weight is 363 g/mol. The molecule has 1 amide bonds. The number of nitrogens with zero attached hydrogens (tertiary/aromatic N) is 2. The zero-order valence-electron chi connectivity index (χ0n) is 13.3. The van der Waals surface area contributed by atoms with Gasteiger partial charge >= 0.3 is 0 Å². The van der Waals surface area contributed by atoms with Gasteiger partial charge in [-0.05, 0) is 43.2 Å². The zero-order valence-corrected chi connectivity index (χ0v) is 14.1. The monoisotopic (exact) mass is 362 g/mol. The van der Waals surface area contributed by atoms with E-state index in [0.717, 1.165) is 29.5 Å². The van der Waals surface area contributed by atoms with Gasteiger partial charge in [-0.2, -0.15) is 0 Å². The number of pyridine rings is 1. The van der Waals surface area contributed by atoms with Crippen molar-refractivity contribution in [3.05, 3.63) is 69.4 Å². The largest absolute Gasteiger partial charge is 0.340 e. The second kappa shape index (κ2) is 7.19. The van der Waals surface area contributed by atoms with Crippen LogP contribution in [-0.2, 0) is 4.79 Å². The number of halogens is 2. The number of carbonyl (C=O) groups excluding carboxylic acids is 2. The number of rotatable bonds is 4. The smallest absolute Gasteiger partial charge is 0.253 e. The van der Waals surface area contributed by atoms with Crippen molar-refractivity contribution >= 4 is 23.3 Å². The van der Waals surface area contributed by atoms with Gasteiger partial charge in [-0.3, -0.25) is 19.0 Å². The van der Waals surface area contributed by atoms with Crippen molar-refractivity contribution < 1.29 is 14.0 Å². The summed E-state index contributed by atoms with van der Waals surface area (Å²) in [6, 6.07) is 6.16. The summed E-state index contributed by atoms with van der Waals surface area (Å²) < 4.78 is 14.2. The highest BCUT2D eigenvalue weighted by molar-refractivity contribution is 6.30. The minimum Gasteiger partial charge on any atom is -0.340 e. The first-order chi connectivity index (χ1) is 12.0. The molecule has 130 valence electrons. The zero-order chi connectivity index (χ0) is 18.0. The second-order valence-electron chi connectivity index (χ2n) is 5.90. The Bertz CT molecular complexity index is 857. The van der Waals surface area contributed by atoms with Crippen LogP contribution < -0.4 is 5.56 Å². The second-order valence-corrected chi connectivity index (χ2v) is 6.34. The molecular weight excluding hydrogens is 347 g/mol. The Morgan fingerprint density at radius 2 is 1.68 bits per heavy atom. The first kappa shape index (κ1) is 17.4. The van der Waals surface area contributed by atoms with Gasteiger partial charge in [0.2, 0.25) is 0 Å². The summed E-state index contributed by atoms with van der Waals surface area (Å²) in [5, 5.41) is 0.241. The molecule has 7 heteroatoms. The van der Waals surface area contributed by atoms with E-state index in [4.69, 9.17) is 11.6 Å². The number of benzene rings is 1. The number of amides is 1. The molecule has 1 aromatic heterocycles. The molecule has 0 spiro atoms. The van der Waals surface area contributed by atoms with E-state index in [1.165, 1.54) is 30.5 Å². The van der Waals surface area contributed by atoms with Gasteiger partial charge in [0.25, 0.3) is 11.5 Å². The highest BCUT2D eigenvalue weighted by Crippen LogP contribution is 2.21. The van der Waals surface area contributed by atoms with Crippen LogP contribution in [-0.4, -0.2) is 34.2 Å². The highest BCUT2D eigenvalue weighted by atomic mass is 35.5.